The Kier molecular flexibility index (Phi) is 4.17. The lowest BCUT2D eigenvalue weighted by atomic mass is 10.2. The SMILES string of the molecule is CC(Nc1ccc(N2CCNC2=O)cc1)c1sccc1Br. The maximum Gasteiger partial charge on any atom is 0.321 e. The number of hydrogen-bond donors (Lipinski definition) is 2. The monoisotopic (exact) mass is 365 g/mol. The molecular weight excluding hydrogens is 350 g/mol. The van der Waals surface area contributed by atoms with E-state index in [1.807, 2.05) is 24.3 Å². The normalized spacial score (nSPS) is 15.9. The molecule has 1 aromatic heterocycles. The third kappa shape index (κ3) is 3.06. The van der Waals surface area contributed by atoms with Gasteiger partial charge in [-0.15, -0.1) is 11.3 Å². The van der Waals surface area contributed by atoms with Gasteiger partial charge in [0.05, 0.1) is 6.04 Å². The number of hydrogen-bond acceptors (Lipinski definition) is 3. The lowest BCUT2D eigenvalue weighted by molar-refractivity contribution is 0.252. The summed E-state index contributed by atoms with van der Waals surface area (Å²) in [4.78, 5) is 14.7. The molecule has 6 heteroatoms. The van der Waals surface area contributed by atoms with E-state index in [0.717, 1.165) is 22.4 Å². The first-order valence-corrected chi connectivity index (χ1v) is 8.47. The van der Waals surface area contributed by atoms with Crippen molar-refractivity contribution in [3.63, 3.8) is 0 Å². The van der Waals surface area contributed by atoms with Gasteiger partial charge >= 0.3 is 6.03 Å². The zero-order valence-electron chi connectivity index (χ0n) is 11.6. The Balaban J connectivity index is 1.70. The molecule has 1 aliphatic rings. The number of urea groups is 1. The molecule has 110 valence electrons. The van der Waals surface area contributed by atoms with E-state index in [4.69, 9.17) is 0 Å². The molecule has 1 aromatic carbocycles. The Morgan fingerprint density at radius 1 is 1.33 bits per heavy atom. The minimum atomic E-state index is -0.0217. The van der Waals surface area contributed by atoms with Crippen molar-refractivity contribution in [3.8, 4) is 0 Å². The second kappa shape index (κ2) is 6.07. The molecule has 0 saturated carbocycles. The summed E-state index contributed by atoms with van der Waals surface area (Å²) in [7, 11) is 0. The van der Waals surface area contributed by atoms with Gasteiger partial charge in [-0.3, -0.25) is 4.90 Å². The van der Waals surface area contributed by atoms with Crippen LogP contribution in [0, 0.1) is 0 Å². The molecule has 1 fully saturated rings. The first-order valence-electron chi connectivity index (χ1n) is 6.80. The average molecular weight is 366 g/mol. The van der Waals surface area contributed by atoms with Crippen LogP contribution in [0.2, 0.25) is 0 Å². The average Bonchev–Trinajstić information content (AvgIpc) is 3.08. The van der Waals surface area contributed by atoms with E-state index in [1.54, 1.807) is 16.2 Å². The molecule has 1 unspecified atom stereocenters. The zero-order chi connectivity index (χ0) is 14.8. The fraction of sp³-hybridized carbons (Fsp3) is 0.267. The number of thiophene rings is 1. The van der Waals surface area contributed by atoms with Gasteiger partial charge in [-0.05, 0) is 58.6 Å². The van der Waals surface area contributed by atoms with Crippen molar-refractivity contribution in [3.05, 3.63) is 45.1 Å². The second-order valence-corrected chi connectivity index (χ2v) is 6.73. The number of benzene rings is 1. The summed E-state index contributed by atoms with van der Waals surface area (Å²) in [5.74, 6) is 0. The van der Waals surface area contributed by atoms with Crippen LogP contribution in [0.15, 0.2) is 40.2 Å². The Morgan fingerprint density at radius 2 is 2.10 bits per heavy atom. The van der Waals surface area contributed by atoms with Gasteiger partial charge in [0.15, 0.2) is 0 Å². The first kappa shape index (κ1) is 14.4. The quantitative estimate of drug-likeness (QED) is 0.851. The predicted octanol–water partition coefficient (Wildman–Crippen LogP) is 4.21. The van der Waals surface area contributed by atoms with Crippen LogP contribution in [0.5, 0.6) is 0 Å². The van der Waals surface area contributed by atoms with E-state index in [-0.39, 0.29) is 12.1 Å². The first-order chi connectivity index (χ1) is 10.1. The molecule has 4 nitrogen and oxygen atoms in total. The van der Waals surface area contributed by atoms with Crippen molar-refractivity contribution < 1.29 is 4.79 Å². The fourth-order valence-electron chi connectivity index (χ4n) is 2.39. The molecule has 2 N–H and O–H groups in total. The van der Waals surface area contributed by atoms with Gasteiger partial charge in [-0.2, -0.15) is 0 Å². The lowest BCUT2D eigenvalue weighted by Crippen LogP contribution is -2.27. The highest BCUT2D eigenvalue weighted by atomic mass is 79.9. The molecule has 1 atom stereocenters. The number of nitrogens with one attached hydrogen (secondary N) is 2. The van der Waals surface area contributed by atoms with Gasteiger partial charge in [-0.25, -0.2) is 4.79 Å². The van der Waals surface area contributed by atoms with Gasteiger partial charge in [0, 0.05) is 33.8 Å². The number of carbonyl (C=O) groups excluding carboxylic acids is 1. The van der Waals surface area contributed by atoms with Crippen LogP contribution in [0.4, 0.5) is 16.2 Å². The summed E-state index contributed by atoms with van der Waals surface area (Å²) in [6.07, 6.45) is 0. The van der Waals surface area contributed by atoms with Crippen molar-refractivity contribution in [2.45, 2.75) is 13.0 Å². The number of amides is 2. The smallest absolute Gasteiger partial charge is 0.321 e. The van der Waals surface area contributed by atoms with E-state index < -0.39 is 0 Å². The summed E-state index contributed by atoms with van der Waals surface area (Å²) < 4.78 is 1.14. The molecule has 3 rings (SSSR count). The predicted molar refractivity (Wildman–Crippen MR) is 91.2 cm³/mol. The molecule has 0 bridgehead atoms. The highest BCUT2D eigenvalue weighted by Gasteiger charge is 2.20. The zero-order valence-corrected chi connectivity index (χ0v) is 14.0. The summed E-state index contributed by atoms with van der Waals surface area (Å²) in [5, 5.41) is 8.36. The van der Waals surface area contributed by atoms with E-state index in [0.29, 0.717) is 6.54 Å². The molecule has 2 aromatic rings. The number of halogens is 1. The fourth-order valence-corrected chi connectivity index (χ4v) is 4.11. The lowest BCUT2D eigenvalue weighted by Gasteiger charge is -2.17. The van der Waals surface area contributed by atoms with Crippen LogP contribution in [0.25, 0.3) is 0 Å². The van der Waals surface area contributed by atoms with E-state index in [9.17, 15) is 4.79 Å². The molecule has 21 heavy (non-hydrogen) atoms. The second-order valence-electron chi connectivity index (χ2n) is 4.93. The van der Waals surface area contributed by atoms with Crippen LogP contribution in [0.3, 0.4) is 0 Å². The number of anilines is 2. The largest absolute Gasteiger partial charge is 0.378 e. The Hall–Kier alpha value is -1.53. The summed E-state index contributed by atoms with van der Waals surface area (Å²) >= 11 is 5.29. The highest BCUT2D eigenvalue weighted by molar-refractivity contribution is 9.10. The standard InChI is InChI=1S/C15H16BrN3OS/c1-10(14-13(16)6-9-21-14)18-11-2-4-12(5-3-11)19-8-7-17-15(19)20/h2-6,9-10,18H,7-8H2,1H3,(H,17,20). The number of rotatable bonds is 4. The van der Waals surface area contributed by atoms with Crippen LogP contribution in [0.1, 0.15) is 17.8 Å². The van der Waals surface area contributed by atoms with Gasteiger partial charge in [0.1, 0.15) is 0 Å². The Bertz CT molecular complexity index is 641. The van der Waals surface area contributed by atoms with Crippen molar-refractivity contribution in [1.82, 2.24) is 5.32 Å². The van der Waals surface area contributed by atoms with Gasteiger partial charge < -0.3 is 10.6 Å². The van der Waals surface area contributed by atoms with Crippen LogP contribution in [-0.4, -0.2) is 19.1 Å². The maximum atomic E-state index is 11.6. The maximum absolute atomic E-state index is 11.6. The third-order valence-electron chi connectivity index (χ3n) is 3.46. The molecule has 2 heterocycles. The summed E-state index contributed by atoms with van der Waals surface area (Å²) in [6, 6.07) is 10.3. The summed E-state index contributed by atoms with van der Waals surface area (Å²) in [5.41, 5.74) is 1.98. The Labute approximate surface area is 136 Å². The molecule has 1 saturated heterocycles. The van der Waals surface area contributed by atoms with Crippen LogP contribution < -0.4 is 15.5 Å². The Morgan fingerprint density at radius 3 is 2.67 bits per heavy atom. The molecule has 0 radical (unpaired) electrons. The van der Waals surface area contributed by atoms with E-state index in [1.165, 1.54) is 4.88 Å². The van der Waals surface area contributed by atoms with Crippen molar-refractivity contribution in [2.75, 3.05) is 23.3 Å². The van der Waals surface area contributed by atoms with Gasteiger partial charge in [0.25, 0.3) is 0 Å². The van der Waals surface area contributed by atoms with Gasteiger partial charge in [-0.1, -0.05) is 0 Å². The topological polar surface area (TPSA) is 44.4 Å². The van der Waals surface area contributed by atoms with Crippen molar-refractivity contribution >= 4 is 44.7 Å². The van der Waals surface area contributed by atoms with Crippen molar-refractivity contribution in [2.24, 2.45) is 0 Å². The molecule has 0 aliphatic carbocycles. The molecule has 1 aliphatic heterocycles. The van der Waals surface area contributed by atoms with E-state index >= 15 is 0 Å². The van der Waals surface area contributed by atoms with Gasteiger partial charge in [0.2, 0.25) is 0 Å². The highest BCUT2D eigenvalue weighted by Crippen LogP contribution is 2.31. The van der Waals surface area contributed by atoms with Crippen LogP contribution in [-0.2, 0) is 0 Å². The molecular formula is C15H16BrN3OS. The molecule has 2 amide bonds. The minimum Gasteiger partial charge on any atom is -0.378 e. The van der Waals surface area contributed by atoms with Crippen LogP contribution >= 0.6 is 27.3 Å². The van der Waals surface area contributed by atoms with Crippen molar-refractivity contribution in [1.29, 1.82) is 0 Å². The van der Waals surface area contributed by atoms with E-state index in [2.05, 4.69) is 44.9 Å². The third-order valence-corrected chi connectivity index (χ3v) is 5.51. The number of carbonyl (C=O) groups is 1. The molecule has 0 spiro atoms. The minimum absolute atomic E-state index is 0.0217. The summed E-state index contributed by atoms with van der Waals surface area (Å²) in [6.45, 7) is 3.57. The number of nitrogens with zero attached hydrogens (tertiary/aromatic N) is 1.